The molecular weight excluding hydrogens is 212 g/mol. The monoisotopic (exact) mass is 240 g/mol. The van der Waals surface area contributed by atoms with Crippen molar-refractivity contribution in [2.75, 3.05) is 13.1 Å². The Balaban J connectivity index is 2.18. The summed E-state index contributed by atoms with van der Waals surface area (Å²) in [5.74, 6) is 1.53. The Bertz CT molecular complexity index is 224. The second-order valence-corrected chi connectivity index (χ2v) is 5.62. The lowest BCUT2D eigenvalue weighted by atomic mass is 9.94. The SMILES string of the molecule is CCC(C)CC(C)NC(=O)CC1CCNCC1. The molecule has 2 unspecified atom stereocenters. The number of amides is 1. The summed E-state index contributed by atoms with van der Waals surface area (Å²) < 4.78 is 0. The van der Waals surface area contributed by atoms with Crippen LogP contribution in [0.2, 0.25) is 0 Å². The molecule has 0 aromatic rings. The van der Waals surface area contributed by atoms with Gasteiger partial charge in [-0.1, -0.05) is 20.3 Å². The fourth-order valence-corrected chi connectivity index (χ4v) is 2.51. The standard InChI is InChI=1S/C14H28N2O/c1-4-11(2)9-12(3)16-14(17)10-13-5-7-15-8-6-13/h11-13,15H,4-10H2,1-3H3,(H,16,17). The summed E-state index contributed by atoms with van der Waals surface area (Å²) in [5, 5.41) is 6.46. The maximum atomic E-state index is 11.9. The minimum Gasteiger partial charge on any atom is -0.354 e. The normalized spacial score (nSPS) is 20.9. The first-order chi connectivity index (χ1) is 8.11. The average Bonchev–Trinajstić information content (AvgIpc) is 2.29. The quantitative estimate of drug-likeness (QED) is 0.748. The van der Waals surface area contributed by atoms with Crippen molar-refractivity contribution in [1.29, 1.82) is 0 Å². The van der Waals surface area contributed by atoms with Crippen molar-refractivity contribution in [2.24, 2.45) is 11.8 Å². The first kappa shape index (κ1) is 14.5. The second kappa shape index (κ2) is 7.70. The Hall–Kier alpha value is -0.570. The molecule has 0 bridgehead atoms. The molecule has 100 valence electrons. The van der Waals surface area contributed by atoms with Gasteiger partial charge in [-0.3, -0.25) is 4.79 Å². The highest BCUT2D eigenvalue weighted by Crippen LogP contribution is 2.16. The van der Waals surface area contributed by atoms with E-state index in [1.54, 1.807) is 0 Å². The van der Waals surface area contributed by atoms with Crippen LogP contribution in [-0.4, -0.2) is 25.0 Å². The van der Waals surface area contributed by atoms with Crippen LogP contribution in [0.3, 0.4) is 0 Å². The highest BCUT2D eigenvalue weighted by Gasteiger charge is 2.18. The summed E-state index contributed by atoms with van der Waals surface area (Å²) >= 11 is 0. The molecule has 0 radical (unpaired) electrons. The Morgan fingerprint density at radius 3 is 2.59 bits per heavy atom. The summed E-state index contributed by atoms with van der Waals surface area (Å²) in [7, 11) is 0. The molecule has 0 aliphatic carbocycles. The van der Waals surface area contributed by atoms with Crippen LogP contribution in [0.15, 0.2) is 0 Å². The number of carbonyl (C=O) groups is 1. The molecule has 2 atom stereocenters. The van der Waals surface area contributed by atoms with Crippen LogP contribution in [0.4, 0.5) is 0 Å². The molecule has 0 saturated carbocycles. The lowest BCUT2D eigenvalue weighted by Crippen LogP contribution is -2.36. The van der Waals surface area contributed by atoms with E-state index in [0.717, 1.165) is 32.4 Å². The van der Waals surface area contributed by atoms with Crippen LogP contribution < -0.4 is 10.6 Å². The summed E-state index contributed by atoms with van der Waals surface area (Å²) in [4.78, 5) is 11.9. The van der Waals surface area contributed by atoms with Gasteiger partial charge in [0, 0.05) is 12.5 Å². The van der Waals surface area contributed by atoms with Crippen molar-refractivity contribution >= 4 is 5.91 Å². The van der Waals surface area contributed by atoms with Gasteiger partial charge in [0.05, 0.1) is 0 Å². The van der Waals surface area contributed by atoms with Crippen LogP contribution in [0.25, 0.3) is 0 Å². The number of carbonyl (C=O) groups excluding carboxylic acids is 1. The predicted octanol–water partition coefficient (Wildman–Crippen LogP) is 2.32. The highest BCUT2D eigenvalue weighted by atomic mass is 16.1. The molecule has 0 aromatic heterocycles. The third-order valence-electron chi connectivity index (χ3n) is 3.79. The smallest absolute Gasteiger partial charge is 0.220 e. The van der Waals surface area contributed by atoms with E-state index in [1.165, 1.54) is 6.42 Å². The molecule has 2 N–H and O–H groups in total. The van der Waals surface area contributed by atoms with Crippen molar-refractivity contribution in [3.63, 3.8) is 0 Å². The predicted molar refractivity (Wildman–Crippen MR) is 71.9 cm³/mol. The minimum absolute atomic E-state index is 0.243. The van der Waals surface area contributed by atoms with Gasteiger partial charge in [-0.2, -0.15) is 0 Å². The van der Waals surface area contributed by atoms with E-state index in [4.69, 9.17) is 0 Å². The van der Waals surface area contributed by atoms with Gasteiger partial charge in [-0.05, 0) is 51.1 Å². The van der Waals surface area contributed by atoms with E-state index in [-0.39, 0.29) is 5.91 Å². The molecule has 17 heavy (non-hydrogen) atoms. The van der Waals surface area contributed by atoms with Gasteiger partial charge >= 0.3 is 0 Å². The van der Waals surface area contributed by atoms with Crippen molar-refractivity contribution in [3.05, 3.63) is 0 Å². The van der Waals surface area contributed by atoms with Crippen LogP contribution in [0, 0.1) is 11.8 Å². The maximum absolute atomic E-state index is 11.9. The summed E-state index contributed by atoms with van der Waals surface area (Å²) in [6.07, 6.45) is 5.29. The molecular formula is C14H28N2O. The molecule has 1 heterocycles. The lowest BCUT2D eigenvalue weighted by Gasteiger charge is -2.23. The Kier molecular flexibility index (Phi) is 6.56. The van der Waals surface area contributed by atoms with Crippen LogP contribution in [0.1, 0.15) is 52.9 Å². The van der Waals surface area contributed by atoms with Gasteiger partial charge in [-0.25, -0.2) is 0 Å². The maximum Gasteiger partial charge on any atom is 0.220 e. The van der Waals surface area contributed by atoms with Crippen LogP contribution in [-0.2, 0) is 4.79 Å². The molecule has 0 aromatic carbocycles. The van der Waals surface area contributed by atoms with Crippen molar-refractivity contribution in [2.45, 2.75) is 58.9 Å². The molecule has 0 spiro atoms. The van der Waals surface area contributed by atoms with E-state index in [9.17, 15) is 4.79 Å². The fraction of sp³-hybridized carbons (Fsp3) is 0.929. The van der Waals surface area contributed by atoms with Gasteiger partial charge < -0.3 is 10.6 Å². The van der Waals surface area contributed by atoms with Crippen molar-refractivity contribution in [3.8, 4) is 0 Å². The molecule has 1 saturated heterocycles. The Labute approximate surface area is 106 Å². The number of hydrogen-bond donors (Lipinski definition) is 2. The third-order valence-corrected chi connectivity index (χ3v) is 3.79. The molecule has 1 fully saturated rings. The van der Waals surface area contributed by atoms with E-state index < -0.39 is 0 Å². The van der Waals surface area contributed by atoms with Gasteiger partial charge in [0.25, 0.3) is 0 Å². The molecule has 3 nitrogen and oxygen atoms in total. The topological polar surface area (TPSA) is 41.1 Å². The van der Waals surface area contributed by atoms with E-state index >= 15 is 0 Å². The number of rotatable bonds is 6. The number of nitrogens with one attached hydrogen (secondary N) is 2. The van der Waals surface area contributed by atoms with Gasteiger partial charge in [0.15, 0.2) is 0 Å². The molecule has 3 heteroatoms. The largest absolute Gasteiger partial charge is 0.354 e. The average molecular weight is 240 g/mol. The fourth-order valence-electron chi connectivity index (χ4n) is 2.51. The zero-order valence-corrected chi connectivity index (χ0v) is 11.6. The van der Waals surface area contributed by atoms with Gasteiger partial charge in [0.1, 0.15) is 0 Å². The first-order valence-electron chi connectivity index (χ1n) is 7.11. The van der Waals surface area contributed by atoms with E-state index in [2.05, 4.69) is 31.4 Å². The van der Waals surface area contributed by atoms with Crippen LogP contribution in [0.5, 0.6) is 0 Å². The minimum atomic E-state index is 0.243. The van der Waals surface area contributed by atoms with Gasteiger partial charge in [0.2, 0.25) is 5.91 Å². The first-order valence-corrected chi connectivity index (χ1v) is 7.11. The molecule has 1 aliphatic heterocycles. The molecule has 1 aliphatic rings. The Morgan fingerprint density at radius 2 is 2.00 bits per heavy atom. The second-order valence-electron chi connectivity index (χ2n) is 5.62. The number of piperidine rings is 1. The Morgan fingerprint density at radius 1 is 1.35 bits per heavy atom. The van der Waals surface area contributed by atoms with Crippen molar-refractivity contribution < 1.29 is 4.79 Å². The highest BCUT2D eigenvalue weighted by molar-refractivity contribution is 5.76. The lowest BCUT2D eigenvalue weighted by molar-refractivity contribution is -0.122. The third kappa shape index (κ3) is 6.06. The van der Waals surface area contributed by atoms with E-state index in [1.807, 2.05) is 0 Å². The number of hydrogen-bond acceptors (Lipinski definition) is 2. The van der Waals surface area contributed by atoms with Crippen LogP contribution >= 0.6 is 0 Å². The summed E-state index contributed by atoms with van der Waals surface area (Å²) in [5.41, 5.74) is 0. The molecule has 1 amide bonds. The van der Waals surface area contributed by atoms with Crippen molar-refractivity contribution in [1.82, 2.24) is 10.6 Å². The zero-order chi connectivity index (χ0) is 12.7. The van der Waals surface area contributed by atoms with E-state index in [0.29, 0.717) is 24.3 Å². The summed E-state index contributed by atoms with van der Waals surface area (Å²) in [6.45, 7) is 8.71. The molecule has 1 rings (SSSR count). The van der Waals surface area contributed by atoms with Gasteiger partial charge in [-0.15, -0.1) is 0 Å². The zero-order valence-electron chi connectivity index (χ0n) is 11.6. The summed E-state index contributed by atoms with van der Waals surface area (Å²) in [6, 6.07) is 0.319.